The van der Waals surface area contributed by atoms with Crippen molar-refractivity contribution < 1.29 is 4.21 Å². The van der Waals surface area contributed by atoms with Gasteiger partial charge in [-0.2, -0.15) is 0 Å². The van der Waals surface area contributed by atoms with Gasteiger partial charge >= 0.3 is 0 Å². The summed E-state index contributed by atoms with van der Waals surface area (Å²) in [5, 5.41) is 4.12. The van der Waals surface area contributed by atoms with Crippen molar-refractivity contribution in [2.24, 2.45) is 0 Å². The highest BCUT2D eigenvalue weighted by Gasteiger charge is 2.05. The van der Waals surface area contributed by atoms with Crippen molar-refractivity contribution in [3.8, 4) is 0 Å². The number of benzene rings is 1. The molecule has 102 valence electrons. The molecule has 0 radical (unpaired) electrons. The topological polar surface area (TPSA) is 29.1 Å². The van der Waals surface area contributed by atoms with Crippen LogP contribution in [0.15, 0.2) is 29.2 Å². The number of rotatable bonds is 8. The van der Waals surface area contributed by atoms with E-state index in [1.54, 1.807) is 12.1 Å². The first-order valence-corrected chi connectivity index (χ1v) is 8.20. The van der Waals surface area contributed by atoms with E-state index in [1.165, 1.54) is 0 Å². The predicted octanol–water partition coefficient (Wildman–Crippen LogP) is 3.62. The van der Waals surface area contributed by atoms with Crippen LogP contribution in [0, 0.1) is 0 Å². The van der Waals surface area contributed by atoms with Crippen LogP contribution in [0.25, 0.3) is 0 Å². The average molecular weight is 288 g/mol. The van der Waals surface area contributed by atoms with Gasteiger partial charge in [0.05, 0.1) is 10.8 Å². The van der Waals surface area contributed by atoms with Crippen molar-refractivity contribution in [3.63, 3.8) is 0 Å². The van der Waals surface area contributed by atoms with Crippen LogP contribution in [0.5, 0.6) is 0 Å². The Bertz CT molecular complexity index is 367. The van der Waals surface area contributed by atoms with Crippen LogP contribution in [0.1, 0.15) is 33.1 Å². The van der Waals surface area contributed by atoms with E-state index in [0.29, 0.717) is 11.1 Å². The first-order chi connectivity index (χ1) is 8.63. The monoisotopic (exact) mass is 287 g/mol. The van der Waals surface area contributed by atoms with Gasteiger partial charge in [0.2, 0.25) is 0 Å². The normalized spacial score (nSPS) is 14.4. The van der Waals surface area contributed by atoms with E-state index in [9.17, 15) is 4.21 Å². The lowest BCUT2D eigenvalue weighted by atomic mass is 10.2. The van der Waals surface area contributed by atoms with Crippen molar-refractivity contribution in [3.05, 3.63) is 29.3 Å². The number of hydrogen-bond donors (Lipinski definition) is 1. The lowest BCUT2D eigenvalue weighted by Crippen LogP contribution is -2.26. The van der Waals surface area contributed by atoms with Crippen molar-refractivity contribution in [2.75, 3.05) is 12.3 Å². The van der Waals surface area contributed by atoms with E-state index in [2.05, 4.69) is 19.2 Å². The summed E-state index contributed by atoms with van der Waals surface area (Å²) >= 11 is 5.80. The zero-order valence-corrected chi connectivity index (χ0v) is 12.7. The maximum Gasteiger partial charge on any atom is 0.0529 e. The van der Waals surface area contributed by atoms with Gasteiger partial charge in [0.1, 0.15) is 0 Å². The zero-order chi connectivity index (χ0) is 13.4. The summed E-state index contributed by atoms with van der Waals surface area (Å²) in [7, 11) is -0.900. The van der Waals surface area contributed by atoms with E-state index in [1.807, 2.05) is 12.1 Å². The minimum absolute atomic E-state index is 0.507. The van der Waals surface area contributed by atoms with Crippen molar-refractivity contribution in [1.29, 1.82) is 0 Å². The second kappa shape index (κ2) is 8.68. The Labute approximate surface area is 118 Å². The Morgan fingerprint density at radius 1 is 1.33 bits per heavy atom. The second-order valence-corrected chi connectivity index (χ2v) is 6.51. The molecule has 0 aliphatic rings. The van der Waals surface area contributed by atoms with Gasteiger partial charge in [-0.05, 0) is 57.0 Å². The van der Waals surface area contributed by atoms with Crippen LogP contribution in [0.4, 0.5) is 0 Å². The Morgan fingerprint density at radius 2 is 2.00 bits per heavy atom. The van der Waals surface area contributed by atoms with Gasteiger partial charge in [0, 0.05) is 21.7 Å². The zero-order valence-electron chi connectivity index (χ0n) is 11.1. The van der Waals surface area contributed by atoms with E-state index in [0.717, 1.165) is 36.5 Å². The van der Waals surface area contributed by atoms with Crippen LogP contribution in [0.2, 0.25) is 5.02 Å². The van der Waals surface area contributed by atoms with Gasteiger partial charge in [-0.1, -0.05) is 18.5 Å². The summed E-state index contributed by atoms with van der Waals surface area (Å²) < 4.78 is 12.0. The standard InChI is InChI=1S/C14H22ClNOS/c1-3-10-16-12(2)5-4-11-18(17)14-8-6-13(15)7-9-14/h6-9,12,16H,3-5,10-11H2,1-2H3. The van der Waals surface area contributed by atoms with Crippen LogP contribution in [-0.4, -0.2) is 22.5 Å². The lowest BCUT2D eigenvalue weighted by molar-refractivity contribution is 0.509. The van der Waals surface area contributed by atoms with Crippen molar-refractivity contribution >= 4 is 22.4 Å². The molecule has 0 heterocycles. The van der Waals surface area contributed by atoms with Gasteiger partial charge in [-0.15, -0.1) is 0 Å². The molecule has 0 aliphatic heterocycles. The summed E-state index contributed by atoms with van der Waals surface area (Å²) in [4.78, 5) is 0.869. The van der Waals surface area contributed by atoms with E-state index in [4.69, 9.17) is 11.6 Å². The summed E-state index contributed by atoms with van der Waals surface area (Å²) in [6.07, 6.45) is 3.20. The minimum atomic E-state index is -0.900. The maximum atomic E-state index is 12.0. The molecule has 0 saturated heterocycles. The molecule has 0 spiro atoms. The summed E-state index contributed by atoms with van der Waals surface area (Å²) in [6, 6.07) is 7.78. The molecule has 2 unspecified atom stereocenters. The van der Waals surface area contributed by atoms with E-state index in [-0.39, 0.29) is 0 Å². The molecule has 1 aromatic carbocycles. The Morgan fingerprint density at radius 3 is 2.61 bits per heavy atom. The first kappa shape index (κ1) is 15.7. The fraction of sp³-hybridized carbons (Fsp3) is 0.571. The third-order valence-corrected chi connectivity index (χ3v) is 4.50. The highest BCUT2D eigenvalue weighted by molar-refractivity contribution is 7.85. The molecule has 0 fully saturated rings. The summed E-state index contributed by atoms with van der Waals surface area (Å²) in [6.45, 7) is 5.40. The molecule has 2 atom stereocenters. The quantitative estimate of drug-likeness (QED) is 0.791. The fourth-order valence-electron chi connectivity index (χ4n) is 1.72. The maximum absolute atomic E-state index is 12.0. The fourth-order valence-corrected chi connectivity index (χ4v) is 2.95. The molecule has 2 nitrogen and oxygen atoms in total. The molecular weight excluding hydrogens is 266 g/mol. The Kier molecular flexibility index (Phi) is 7.56. The molecule has 0 amide bonds. The van der Waals surface area contributed by atoms with Crippen LogP contribution < -0.4 is 5.32 Å². The second-order valence-electron chi connectivity index (χ2n) is 4.50. The number of nitrogens with one attached hydrogen (secondary N) is 1. The van der Waals surface area contributed by atoms with Gasteiger partial charge in [-0.25, -0.2) is 0 Å². The molecule has 0 aliphatic carbocycles. The van der Waals surface area contributed by atoms with Crippen LogP contribution in [0.3, 0.4) is 0 Å². The van der Waals surface area contributed by atoms with E-state index < -0.39 is 10.8 Å². The molecule has 0 aromatic heterocycles. The van der Waals surface area contributed by atoms with Gasteiger partial charge in [0.15, 0.2) is 0 Å². The molecule has 0 bridgehead atoms. The molecule has 4 heteroatoms. The number of hydrogen-bond acceptors (Lipinski definition) is 2. The third kappa shape index (κ3) is 5.98. The molecule has 1 rings (SSSR count). The van der Waals surface area contributed by atoms with Crippen molar-refractivity contribution in [1.82, 2.24) is 5.32 Å². The molecular formula is C14H22ClNOS. The van der Waals surface area contributed by atoms with Gasteiger partial charge in [-0.3, -0.25) is 4.21 Å². The Hall–Kier alpha value is -0.380. The van der Waals surface area contributed by atoms with E-state index >= 15 is 0 Å². The Balaban J connectivity index is 2.27. The smallest absolute Gasteiger partial charge is 0.0529 e. The molecule has 0 saturated carbocycles. The highest BCUT2D eigenvalue weighted by atomic mass is 35.5. The van der Waals surface area contributed by atoms with Crippen LogP contribution >= 0.6 is 11.6 Å². The average Bonchev–Trinajstić information content (AvgIpc) is 2.37. The summed E-state index contributed by atoms with van der Waals surface area (Å²) in [5.74, 6) is 0.722. The molecule has 18 heavy (non-hydrogen) atoms. The molecule has 1 N–H and O–H groups in total. The first-order valence-electron chi connectivity index (χ1n) is 6.50. The predicted molar refractivity (Wildman–Crippen MR) is 79.7 cm³/mol. The highest BCUT2D eigenvalue weighted by Crippen LogP contribution is 2.13. The van der Waals surface area contributed by atoms with Gasteiger partial charge < -0.3 is 5.32 Å². The summed E-state index contributed by atoms with van der Waals surface area (Å²) in [5.41, 5.74) is 0. The number of halogens is 1. The minimum Gasteiger partial charge on any atom is -0.314 e. The third-order valence-electron chi connectivity index (χ3n) is 2.79. The largest absolute Gasteiger partial charge is 0.314 e. The van der Waals surface area contributed by atoms with Crippen LogP contribution in [-0.2, 0) is 10.8 Å². The van der Waals surface area contributed by atoms with Crippen molar-refractivity contribution in [2.45, 2.75) is 44.0 Å². The SMILES string of the molecule is CCCNC(C)CCCS(=O)c1ccc(Cl)cc1. The lowest BCUT2D eigenvalue weighted by Gasteiger charge is -2.12. The van der Waals surface area contributed by atoms with Gasteiger partial charge in [0.25, 0.3) is 0 Å². The molecule has 1 aromatic rings.